The van der Waals surface area contributed by atoms with Crippen LogP contribution in [0.4, 0.5) is 0 Å². The molecule has 0 radical (unpaired) electrons. The Morgan fingerprint density at radius 2 is 1.34 bits per heavy atom. The van der Waals surface area contributed by atoms with Crippen molar-refractivity contribution in [2.45, 2.75) is 122 Å². The van der Waals surface area contributed by atoms with E-state index < -0.39 is 29.7 Å². The zero-order chi connectivity index (χ0) is 34.7. The summed E-state index contributed by atoms with van der Waals surface area (Å²) in [6, 6.07) is 3.85. The van der Waals surface area contributed by atoms with Gasteiger partial charge in [-0.25, -0.2) is 0 Å². The highest BCUT2D eigenvalue weighted by atomic mass is 32.2. The Bertz CT molecular complexity index is 998. The van der Waals surface area contributed by atoms with E-state index in [1.54, 1.807) is 42.8 Å². The molecular weight excluding hydrogens is 655 g/mol. The van der Waals surface area contributed by atoms with E-state index in [1.165, 1.54) is 64.9 Å². The summed E-state index contributed by atoms with van der Waals surface area (Å²) in [5, 5.41) is 9.43. The van der Waals surface area contributed by atoms with E-state index in [4.69, 9.17) is 26.4 Å². The summed E-state index contributed by atoms with van der Waals surface area (Å²) in [5.41, 5.74) is 0.983. The zero-order valence-corrected chi connectivity index (χ0v) is 31.6. The summed E-state index contributed by atoms with van der Waals surface area (Å²) in [5.74, 6) is -3.20. The number of carbonyl (C=O) groups is 3. The molecule has 0 fully saturated rings. The number of aliphatic carboxylic acids is 1. The van der Waals surface area contributed by atoms with Crippen molar-refractivity contribution in [2.24, 2.45) is 17.8 Å². The predicted octanol–water partition coefficient (Wildman–Crippen LogP) is 9.45. The van der Waals surface area contributed by atoms with Gasteiger partial charge in [-0.05, 0) is 55.6 Å². The van der Waals surface area contributed by atoms with E-state index in [1.807, 2.05) is 19.1 Å². The maximum Gasteiger partial charge on any atom is 0.309 e. The number of hydrogen-bond acceptors (Lipinski definition) is 10. The van der Waals surface area contributed by atoms with Gasteiger partial charge in [0.05, 0.1) is 31.0 Å². The van der Waals surface area contributed by atoms with Crippen LogP contribution in [0.3, 0.4) is 0 Å². The molecule has 4 atom stereocenters. The number of pyridine rings is 1. The molecule has 1 aromatic rings. The number of thioether (sulfide) groups is 2. The first-order valence-electron chi connectivity index (χ1n) is 17.5. The standard InChI is InChI=1S/C36H59NO7S3/c1-5-7-9-10-11-12-13-14-15-16-24-46-36(45)47-32(29-17-19-37-20-18-29)27-31(35(41)43-21-8-6-2)26-30(25-28(3)33(38)39)34(40)44-23-22-42-4/h17-20,28,30-32H,5-16,21-27H2,1-4H3,(H,38,39). The molecule has 0 saturated carbocycles. The molecule has 1 aromatic heterocycles. The van der Waals surface area contributed by atoms with Gasteiger partial charge in [0, 0.05) is 24.8 Å². The SMILES string of the molecule is CCCCCCCCCCCCSC(=S)SC(CC(CC(CC(C)C(=O)O)C(=O)OCCOC)C(=O)OCCCC)c1ccncc1. The van der Waals surface area contributed by atoms with Gasteiger partial charge < -0.3 is 19.3 Å². The number of unbranched alkanes of at least 4 members (excludes halogenated alkanes) is 10. The molecule has 1 heterocycles. The number of carbonyl (C=O) groups excluding carboxylic acids is 2. The van der Waals surface area contributed by atoms with E-state index in [0.29, 0.717) is 13.0 Å². The van der Waals surface area contributed by atoms with Crippen molar-refractivity contribution < 1.29 is 33.7 Å². The van der Waals surface area contributed by atoms with Crippen molar-refractivity contribution >= 4 is 57.2 Å². The predicted molar refractivity (Wildman–Crippen MR) is 198 cm³/mol. The van der Waals surface area contributed by atoms with Gasteiger partial charge in [0.1, 0.15) is 10.1 Å². The van der Waals surface area contributed by atoms with Crippen molar-refractivity contribution in [1.82, 2.24) is 4.98 Å². The fourth-order valence-electron chi connectivity index (χ4n) is 5.21. The molecule has 0 aliphatic carbocycles. The summed E-state index contributed by atoms with van der Waals surface area (Å²) >= 11 is 9.06. The number of thiocarbonyl (C=S) groups is 1. The first kappa shape index (κ1) is 43.3. The molecule has 8 nitrogen and oxygen atoms in total. The van der Waals surface area contributed by atoms with Crippen LogP contribution in [-0.4, -0.2) is 64.2 Å². The minimum Gasteiger partial charge on any atom is -0.481 e. The second-order valence-electron chi connectivity index (χ2n) is 12.2. The largest absolute Gasteiger partial charge is 0.481 e. The van der Waals surface area contributed by atoms with Crippen molar-refractivity contribution in [2.75, 3.05) is 32.7 Å². The van der Waals surface area contributed by atoms with Crippen LogP contribution in [0.15, 0.2) is 24.5 Å². The topological polar surface area (TPSA) is 112 Å². The van der Waals surface area contributed by atoms with Gasteiger partial charge in [-0.1, -0.05) is 109 Å². The Labute approximate surface area is 297 Å². The summed E-state index contributed by atoms with van der Waals surface area (Å²) in [6.45, 7) is 6.41. The molecule has 0 amide bonds. The van der Waals surface area contributed by atoms with Gasteiger partial charge in [-0.2, -0.15) is 0 Å². The van der Waals surface area contributed by atoms with Crippen molar-refractivity contribution in [3.8, 4) is 0 Å². The van der Waals surface area contributed by atoms with E-state index >= 15 is 0 Å². The fraction of sp³-hybridized carbons (Fsp3) is 0.750. The zero-order valence-electron chi connectivity index (χ0n) is 29.1. The first-order chi connectivity index (χ1) is 22.7. The lowest BCUT2D eigenvalue weighted by Gasteiger charge is -2.26. The van der Waals surface area contributed by atoms with E-state index in [-0.39, 0.29) is 37.3 Å². The molecule has 0 aliphatic rings. The minimum atomic E-state index is -1.00. The minimum absolute atomic E-state index is 0.0545. The number of nitrogens with zero attached hydrogens (tertiary/aromatic N) is 1. The molecule has 0 spiro atoms. The van der Waals surface area contributed by atoms with Crippen LogP contribution in [0.25, 0.3) is 0 Å². The number of carboxylic acids is 1. The lowest BCUT2D eigenvalue weighted by molar-refractivity contribution is -0.154. The van der Waals surface area contributed by atoms with Crippen molar-refractivity contribution in [3.63, 3.8) is 0 Å². The van der Waals surface area contributed by atoms with Crippen LogP contribution in [0.2, 0.25) is 0 Å². The van der Waals surface area contributed by atoms with Gasteiger partial charge in [-0.3, -0.25) is 19.4 Å². The van der Waals surface area contributed by atoms with Crippen molar-refractivity contribution in [3.05, 3.63) is 30.1 Å². The maximum absolute atomic E-state index is 13.5. The van der Waals surface area contributed by atoms with Gasteiger partial charge in [-0.15, -0.1) is 11.8 Å². The van der Waals surface area contributed by atoms with E-state index in [0.717, 1.165) is 34.1 Å². The third-order valence-corrected chi connectivity index (χ3v) is 11.1. The molecule has 0 aromatic carbocycles. The number of carboxylic acid groups (broad SMARTS) is 1. The normalized spacial score (nSPS) is 13.8. The molecule has 4 unspecified atom stereocenters. The van der Waals surface area contributed by atoms with Crippen LogP contribution in [0, 0.1) is 17.8 Å². The second kappa shape index (κ2) is 28.2. The van der Waals surface area contributed by atoms with Gasteiger partial charge in [0.15, 0.2) is 0 Å². The Kier molecular flexibility index (Phi) is 26.0. The molecule has 0 saturated heterocycles. The van der Waals surface area contributed by atoms with Crippen LogP contribution < -0.4 is 0 Å². The van der Waals surface area contributed by atoms with Crippen LogP contribution in [0.5, 0.6) is 0 Å². The van der Waals surface area contributed by atoms with Gasteiger partial charge >= 0.3 is 17.9 Å². The third kappa shape index (κ3) is 21.1. The molecule has 11 heteroatoms. The monoisotopic (exact) mass is 713 g/mol. The quantitative estimate of drug-likeness (QED) is 0.0509. The van der Waals surface area contributed by atoms with Gasteiger partial charge in [0.25, 0.3) is 0 Å². The molecule has 1 N–H and O–H groups in total. The summed E-state index contributed by atoms with van der Waals surface area (Å²) in [7, 11) is 1.51. The smallest absolute Gasteiger partial charge is 0.309 e. The highest BCUT2D eigenvalue weighted by molar-refractivity contribution is 8.47. The Balaban J connectivity index is 2.95. The molecule has 0 bridgehead atoms. The van der Waals surface area contributed by atoms with E-state index in [9.17, 15) is 19.5 Å². The average Bonchev–Trinajstić information content (AvgIpc) is 3.06. The fourth-order valence-corrected chi connectivity index (χ4v) is 8.05. The maximum atomic E-state index is 13.5. The van der Waals surface area contributed by atoms with E-state index in [2.05, 4.69) is 11.9 Å². The Hall–Kier alpha value is -1.69. The number of hydrogen-bond donors (Lipinski definition) is 1. The lowest BCUT2D eigenvalue weighted by Crippen LogP contribution is -2.30. The third-order valence-electron chi connectivity index (χ3n) is 8.10. The highest BCUT2D eigenvalue weighted by Gasteiger charge is 2.34. The number of rotatable bonds is 28. The summed E-state index contributed by atoms with van der Waals surface area (Å²) in [4.78, 5) is 42.6. The first-order valence-corrected chi connectivity index (χ1v) is 19.8. The number of esters is 2. The lowest BCUT2D eigenvalue weighted by atomic mass is 9.84. The molecule has 268 valence electrons. The Morgan fingerprint density at radius 3 is 1.91 bits per heavy atom. The summed E-state index contributed by atoms with van der Waals surface area (Å²) in [6.07, 6.45) is 18.5. The van der Waals surface area contributed by atoms with Crippen LogP contribution in [0.1, 0.15) is 128 Å². The molecular formula is C36H59NO7S3. The molecule has 0 aliphatic heterocycles. The van der Waals surface area contributed by atoms with Crippen molar-refractivity contribution in [1.29, 1.82) is 0 Å². The average molecular weight is 714 g/mol. The second-order valence-corrected chi connectivity index (χ2v) is 15.7. The summed E-state index contributed by atoms with van der Waals surface area (Å²) < 4.78 is 16.9. The number of methoxy groups -OCH3 is 1. The number of ether oxygens (including phenoxy) is 3. The highest BCUT2D eigenvalue weighted by Crippen LogP contribution is 2.41. The Morgan fingerprint density at radius 1 is 0.787 bits per heavy atom. The van der Waals surface area contributed by atoms with Gasteiger partial charge in [0.2, 0.25) is 0 Å². The molecule has 47 heavy (non-hydrogen) atoms. The van der Waals surface area contributed by atoms with Crippen LogP contribution >= 0.6 is 35.7 Å². The number of aromatic nitrogens is 1. The van der Waals surface area contributed by atoms with Crippen LogP contribution in [-0.2, 0) is 28.6 Å². The molecule has 1 rings (SSSR count).